The van der Waals surface area contributed by atoms with Crippen LogP contribution in [0.2, 0.25) is 0 Å². The van der Waals surface area contributed by atoms with Gasteiger partial charge in [0.1, 0.15) is 0 Å². The summed E-state index contributed by atoms with van der Waals surface area (Å²) >= 11 is 0. The van der Waals surface area contributed by atoms with Gasteiger partial charge in [0.05, 0.1) is 10.6 Å². The monoisotopic (exact) mass is 304 g/mol. The molecule has 2 N–H and O–H groups in total. The van der Waals surface area contributed by atoms with Gasteiger partial charge in [-0.2, -0.15) is 0 Å². The number of rotatable bonds is 6. The molecule has 2 rings (SSSR count). The molecule has 0 aliphatic rings. The van der Waals surface area contributed by atoms with Gasteiger partial charge in [-0.1, -0.05) is 37.3 Å². The molecule has 0 fully saturated rings. The molecular formula is C16H20N2O2S. The van der Waals surface area contributed by atoms with Crippen LogP contribution in [0.5, 0.6) is 0 Å². The minimum absolute atomic E-state index is 0.277. The molecule has 112 valence electrons. The SMILES string of the molecule is CCc1ccc(S(=O)(=O)Nc2ccccc2CNC)cc1. The minimum atomic E-state index is -3.56. The van der Waals surface area contributed by atoms with Gasteiger partial charge >= 0.3 is 0 Å². The topological polar surface area (TPSA) is 58.2 Å². The highest BCUT2D eigenvalue weighted by Gasteiger charge is 2.15. The van der Waals surface area contributed by atoms with E-state index in [2.05, 4.69) is 10.0 Å². The van der Waals surface area contributed by atoms with E-state index in [1.807, 2.05) is 44.3 Å². The van der Waals surface area contributed by atoms with Crippen molar-refractivity contribution < 1.29 is 8.42 Å². The highest BCUT2D eigenvalue weighted by Crippen LogP contribution is 2.20. The van der Waals surface area contributed by atoms with E-state index in [9.17, 15) is 8.42 Å². The Kier molecular flexibility index (Phi) is 4.98. The summed E-state index contributed by atoms with van der Waals surface area (Å²) < 4.78 is 27.5. The fraction of sp³-hybridized carbons (Fsp3) is 0.250. The van der Waals surface area contributed by atoms with Crippen LogP contribution in [0.4, 0.5) is 5.69 Å². The second-order valence-corrected chi connectivity index (χ2v) is 6.47. The Morgan fingerprint density at radius 2 is 1.67 bits per heavy atom. The Hall–Kier alpha value is -1.85. The number of nitrogens with one attached hydrogen (secondary N) is 2. The predicted octanol–water partition coefficient (Wildman–Crippen LogP) is 2.77. The molecule has 0 aliphatic heterocycles. The molecule has 0 heterocycles. The summed E-state index contributed by atoms with van der Waals surface area (Å²) in [5.74, 6) is 0. The Labute approximate surface area is 126 Å². The lowest BCUT2D eigenvalue weighted by Crippen LogP contribution is -2.16. The summed E-state index contributed by atoms with van der Waals surface area (Å²) in [6, 6.07) is 14.3. The van der Waals surface area contributed by atoms with Crippen molar-refractivity contribution in [2.24, 2.45) is 0 Å². The standard InChI is InChI=1S/C16H20N2O2S/c1-3-13-8-10-15(11-9-13)21(19,20)18-16-7-5-4-6-14(16)12-17-2/h4-11,17-18H,3,12H2,1-2H3. The van der Waals surface area contributed by atoms with Crippen LogP contribution < -0.4 is 10.0 Å². The van der Waals surface area contributed by atoms with Gasteiger partial charge in [0.15, 0.2) is 0 Å². The molecule has 0 aliphatic carbocycles. The smallest absolute Gasteiger partial charge is 0.261 e. The molecule has 0 saturated heterocycles. The van der Waals surface area contributed by atoms with E-state index in [1.54, 1.807) is 18.2 Å². The van der Waals surface area contributed by atoms with Gasteiger partial charge < -0.3 is 5.32 Å². The average molecular weight is 304 g/mol. The lowest BCUT2D eigenvalue weighted by molar-refractivity contribution is 0.601. The van der Waals surface area contributed by atoms with Crippen molar-refractivity contribution in [3.63, 3.8) is 0 Å². The first kappa shape index (κ1) is 15.5. The molecule has 5 heteroatoms. The lowest BCUT2D eigenvalue weighted by Gasteiger charge is -2.12. The van der Waals surface area contributed by atoms with Crippen LogP contribution in [0.1, 0.15) is 18.1 Å². The number of anilines is 1. The summed E-state index contributed by atoms with van der Waals surface area (Å²) in [6.07, 6.45) is 0.888. The Balaban J connectivity index is 2.28. The Bertz CT molecular complexity index is 694. The predicted molar refractivity (Wildman–Crippen MR) is 85.8 cm³/mol. The van der Waals surface area contributed by atoms with Crippen molar-refractivity contribution in [3.05, 3.63) is 59.7 Å². The van der Waals surface area contributed by atoms with Crippen molar-refractivity contribution in [2.75, 3.05) is 11.8 Å². The summed E-state index contributed by atoms with van der Waals surface area (Å²) in [5, 5.41) is 3.03. The first-order valence-corrected chi connectivity index (χ1v) is 8.39. The molecule has 2 aromatic rings. The van der Waals surface area contributed by atoms with Crippen LogP contribution in [-0.2, 0) is 23.0 Å². The van der Waals surface area contributed by atoms with Crippen LogP contribution in [0, 0.1) is 0 Å². The summed E-state index contributed by atoms with van der Waals surface area (Å²) in [7, 11) is -1.73. The van der Waals surface area contributed by atoms with Crippen molar-refractivity contribution >= 4 is 15.7 Å². The number of para-hydroxylation sites is 1. The molecule has 21 heavy (non-hydrogen) atoms. The van der Waals surface area contributed by atoms with Crippen molar-refractivity contribution in [1.29, 1.82) is 0 Å². The van der Waals surface area contributed by atoms with E-state index in [-0.39, 0.29) is 4.90 Å². The van der Waals surface area contributed by atoms with Crippen molar-refractivity contribution in [1.82, 2.24) is 5.32 Å². The highest BCUT2D eigenvalue weighted by molar-refractivity contribution is 7.92. The van der Waals surface area contributed by atoms with Crippen LogP contribution in [0.15, 0.2) is 53.4 Å². The van der Waals surface area contributed by atoms with E-state index in [4.69, 9.17) is 0 Å². The second kappa shape index (κ2) is 6.74. The zero-order valence-corrected chi connectivity index (χ0v) is 13.1. The van der Waals surface area contributed by atoms with E-state index < -0.39 is 10.0 Å². The van der Waals surface area contributed by atoms with Gasteiger partial charge in [-0.25, -0.2) is 8.42 Å². The summed E-state index contributed by atoms with van der Waals surface area (Å²) in [5.41, 5.74) is 2.63. The maximum atomic E-state index is 12.4. The zero-order valence-electron chi connectivity index (χ0n) is 12.3. The third-order valence-electron chi connectivity index (χ3n) is 3.27. The lowest BCUT2D eigenvalue weighted by atomic mass is 10.2. The molecule has 0 amide bonds. The molecule has 0 saturated carbocycles. The van der Waals surface area contributed by atoms with Crippen LogP contribution in [0.3, 0.4) is 0 Å². The number of aryl methyl sites for hydroxylation is 1. The molecular weight excluding hydrogens is 284 g/mol. The molecule has 2 aromatic carbocycles. The van der Waals surface area contributed by atoms with Crippen molar-refractivity contribution in [2.45, 2.75) is 24.8 Å². The van der Waals surface area contributed by atoms with E-state index in [0.29, 0.717) is 12.2 Å². The molecule has 0 aromatic heterocycles. The molecule has 4 nitrogen and oxygen atoms in total. The quantitative estimate of drug-likeness (QED) is 0.863. The summed E-state index contributed by atoms with van der Waals surface area (Å²) in [6.45, 7) is 2.64. The van der Waals surface area contributed by atoms with Crippen LogP contribution in [-0.4, -0.2) is 15.5 Å². The van der Waals surface area contributed by atoms with Gasteiger partial charge in [-0.15, -0.1) is 0 Å². The highest BCUT2D eigenvalue weighted by atomic mass is 32.2. The first-order valence-electron chi connectivity index (χ1n) is 6.91. The minimum Gasteiger partial charge on any atom is -0.316 e. The zero-order chi connectivity index (χ0) is 15.3. The molecule has 0 radical (unpaired) electrons. The molecule has 0 bridgehead atoms. The normalized spacial score (nSPS) is 11.3. The van der Waals surface area contributed by atoms with Crippen molar-refractivity contribution in [3.8, 4) is 0 Å². The number of hydrogen-bond acceptors (Lipinski definition) is 3. The maximum Gasteiger partial charge on any atom is 0.261 e. The summed E-state index contributed by atoms with van der Waals surface area (Å²) in [4.78, 5) is 0.277. The molecule has 0 atom stereocenters. The number of sulfonamides is 1. The first-order chi connectivity index (χ1) is 10.1. The molecule has 0 unspecified atom stereocenters. The Morgan fingerprint density at radius 3 is 2.29 bits per heavy atom. The van der Waals surface area contributed by atoms with Crippen LogP contribution >= 0.6 is 0 Å². The van der Waals surface area contributed by atoms with Gasteiger partial charge in [-0.3, -0.25) is 4.72 Å². The number of hydrogen-bond donors (Lipinski definition) is 2. The maximum absolute atomic E-state index is 12.4. The van der Waals surface area contributed by atoms with E-state index in [0.717, 1.165) is 17.5 Å². The van der Waals surface area contributed by atoms with E-state index >= 15 is 0 Å². The number of benzene rings is 2. The van der Waals surface area contributed by atoms with Gasteiger partial charge in [0, 0.05) is 6.54 Å². The second-order valence-electron chi connectivity index (χ2n) is 4.79. The van der Waals surface area contributed by atoms with Gasteiger partial charge in [-0.05, 0) is 42.8 Å². The third-order valence-corrected chi connectivity index (χ3v) is 4.65. The third kappa shape index (κ3) is 3.83. The largest absolute Gasteiger partial charge is 0.316 e. The average Bonchev–Trinajstić information content (AvgIpc) is 2.49. The fourth-order valence-corrected chi connectivity index (χ4v) is 3.17. The fourth-order valence-electron chi connectivity index (χ4n) is 2.07. The Morgan fingerprint density at radius 1 is 1.00 bits per heavy atom. The van der Waals surface area contributed by atoms with E-state index in [1.165, 1.54) is 0 Å². The van der Waals surface area contributed by atoms with Gasteiger partial charge in [0.25, 0.3) is 10.0 Å². The van der Waals surface area contributed by atoms with Crippen LogP contribution in [0.25, 0.3) is 0 Å². The van der Waals surface area contributed by atoms with Gasteiger partial charge in [0.2, 0.25) is 0 Å². The molecule has 0 spiro atoms.